The smallest absolute Gasteiger partial charge is 0.129 e. The van der Waals surface area contributed by atoms with Gasteiger partial charge in [0.1, 0.15) is 17.5 Å². The Bertz CT molecular complexity index is 596. The Kier molecular flexibility index (Phi) is 4.68. The molecule has 0 aliphatic rings. The normalized spacial score (nSPS) is 12.4. The first-order chi connectivity index (χ1) is 9.47. The van der Waals surface area contributed by atoms with Crippen molar-refractivity contribution in [3.05, 3.63) is 70.0 Å². The van der Waals surface area contributed by atoms with Crippen LogP contribution in [-0.4, -0.2) is 11.2 Å². The van der Waals surface area contributed by atoms with Crippen LogP contribution in [-0.2, 0) is 12.8 Å². The fraction of sp³-hybridized carbons (Fsp3) is 0.200. The summed E-state index contributed by atoms with van der Waals surface area (Å²) in [6, 6.07) is 7.28. The first-order valence-corrected chi connectivity index (χ1v) is 6.40. The highest BCUT2D eigenvalue weighted by Crippen LogP contribution is 2.21. The fourth-order valence-electron chi connectivity index (χ4n) is 1.99. The Morgan fingerprint density at radius 3 is 2.30 bits per heavy atom. The topological polar surface area (TPSA) is 20.2 Å². The summed E-state index contributed by atoms with van der Waals surface area (Å²) in [7, 11) is 0. The highest BCUT2D eigenvalue weighted by molar-refractivity contribution is 6.31. The van der Waals surface area contributed by atoms with Crippen molar-refractivity contribution in [2.45, 2.75) is 18.9 Å². The minimum Gasteiger partial charge on any atom is -0.392 e. The lowest BCUT2D eigenvalue weighted by atomic mass is 10.0. The fourth-order valence-corrected chi connectivity index (χ4v) is 2.18. The van der Waals surface area contributed by atoms with Crippen LogP contribution in [0.2, 0.25) is 5.02 Å². The van der Waals surface area contributed by atoms with E-state index in [0.717, 1.165) is 12.1 Å². The molecule has 0 aliphatic carbocycles. The van der Waals surface area contributed by atoms with E-state index in [1.165, 1.54) is 24.3 Å². The van der Waals surface area contributed by atoms with Crippen LogP contribution in [0, 0.1) is 17.5 Å². The molecule has 0 fully saturated rings. The number of rotatable bonds is 4. The van der Waals surface area contributed by atoms with Gasteiger partial charge < -0.3 is 5.11 Å². The Morgan fingerprint density at radius 1 is 1.00 bits per heavy atom. The summed E-state index contributed by atoms with van der Waals surface area (Å²) in [6.45, 7) is 0. The largest absolute Gasteiger partial charge is 0.392 e. The molecule has 106 valence electrons. The van der Waals surface area contributed by atoms with E-state index in [1.54, 1.807) is 0 Å². The lowest BCUT2D eigenvalue weighted by molar-refractivity contribution is 0.172. The summed E-state index contributed by atoms with van der Waals surface area (Å²) in [4.78, 5) is 0. The van der Waals surface area contributed by atoms with Gasteiger partial charge in [0, 0.05) is 23.4 Å². The van der Waals surface area contributed by atoms with Gasteiger partial charge in [0.05, 0.1) is 6.10 Å². The van der Waals surface area contributed by atoms with Gasteiger partial charge in [-0.2, -0.15) is 0 Å². The number of hydrogen-bond donors (Lipinski definition) is 1. The van der Waals surface area contributed by atoms with Crippen molar-refractivity contribution < 1.29 is 18.3 Å². The van der Waals surface area contributed by atoms with Gasteiger partial charge >= 0.3 is 0 Å². The number of halogens is 4. The minimum atomic E-state index is -1.05. The molecule has 20 heavy (non-hydrogen) atoms. The second-order valence-electron chi connectivity index (χ2n) is 4.50. The van der Waals surface area contributed by atoms with Crippen LogP contribution in [0.1, 0.15) is 11.1 Å². The number of benzene rings is 2. The SMILES string of the molecule is OC(Cc1cc(F)ccc1Cl)Cc1c(F)cccc1F. The highest BCUT2D eigenvalue weighted by Gasteiger charge is 2.15. The zero-order valence-corrected chi connectivity index (χ0v) is 11.2. The summed E-state index contributed by atoms with van der Waals surface area (Å²) in [5, 5.41) is 10.2. The van der Waals surface area contributed by atoms with Gasteiger partial charge in [-0.25, -0.2) is 13.2 Å². The quantitative estimate of drug-likeness (QED) is 0.908. The number of aliphatic hydroxyl groups excluding tert-OH is 1. The van der Waals surface area contributed by atoms with Gasteiger partial charge in [-0.3, -0.25) is 0 Å². The van der Waals surface area contributed by atoms with Gasteiger partial charge in [0.25, 0.3) is 0 Å². The van der Waals surface area contributed by atoms with E-state index in [1.807, 2.05) is 0 Å². The van der Waals surface area contributed by atoms with Crippen molar-refractivity contribution >= 4 is 11.6 Å². The molecule has 0 aromatic heterocycles. The molecule has 1 nitrogen and oxygen atoms in total. The molecule has 1 atom stereocenters. The molecule has 1 N–H and O–H groups in total. The van der Waals surface area contributed by atoms with Crippen LogP contribution in [0.15, 0.2) is 36.4 Å². The van der Waals surface area contributed by atoms with Crippen LogP contribution in [0.5, 0.6) is 0 Å². The maximum Gasteiger partial charge on any atom is 0.129 e. The van der Waals surface area contributed by atoms with Gasteiger partial charge in [-0.05, 0) is 35.9 Å². The Morgan fingerprint density at radius 2 is 1.65 bits per heavy atom. The lowest BCUT2D eigenvalue weighted by Crippen LogP contribution is -2.16. The first kappa shape index (κ1) is 14.9. The molecule has 2 aromatic rings. The highest BCUT2D eigenvalue weighted by atomic mass is 35.5. The third-order valence-corrected chi connectivity index (χ3v) is 3.33. The average molecular weight is 301 g/mol. The second-order valence-corrected chi connectivity index (χ2v) is 4.91. The Labute approximate surface area is 119 Å². The second kappa shape index (κ2) is 6.29. The summed E-state index contributed by atoms with van der Waals surface area (Å²) in [6.07, 6.45) is -1.24. The summed E-state index contributed by atoms with van der Waals surface area (Å²) < 4.78 is 40.0. The van der Waals surface area contributed by atoms with Crippen LogP contribution in [0.3, 0.4) is 0 Å². The number of hydrogen-bond acceptors (Lipinski definition) is 1. The van der Waals surface area contributed by atoms with E-state index < -0.39 is 23.6 Å². The molecule has 0 saturated carbocycles. The van der Waals surface area contributed by atoms with Gasteiger partial charge in [0.15, 0.2) is 0 Å². The Hall–Kier alpha value is -1.52. The maximum atomic E-state index is 13.5. The van der Waals surface area contributed by atoms with Crippen molar-refractivity contribution in [1.29, 1.82) is 0 Å². The van der Waals surface area contributed by atoms with Crippen LogP contribution in [0.25, 0.3) is 0 Å². The van der Waals surface area contributed by atoms with E-state index in [-0.39, 0.29) is 18.4 Å². The van der Waals surface area contributed by atoms with E-state index in [9.17, 15) is 18.3 Å². The molecule has 0 saturated heterocycles. The van der Waals surface area contributed by atoms with Gasteiger partial charge in [-0.1, -0.05) is 17.7 Å². The molecule has 2 rings (SSSR count). The minimum absolute atomic E-state index is 0.0182. The molecule has 0 bridgehead atoms. The van der Waals surface area contributed by atoms with E-state index >= 15 is 0 Å². The summed E-state index contributed by atoms with van der Waals surface area (Å²) in [5.74, 6) is -1.91. The molecule has 0 amide bonds. The molecule has 0 heterocycles. The third kappa shape index (κ3) is 3.52. The maximum absolute atomic E-state index is 13.5. The summed E-state index contributed by atoms with van der Waals surface area (Å²) in [5.41, 5.74) is 0.212. The van der Waals surface area contributed by atoms with E-state index in [4.69, 9.17) is 11.6 Å². The van der Waals surface area contributed by atoms with Crippen molar-refractivity contribution in [1.82, 2.24) is 0 Å². The van der Waals surface area contributed by atoms with Crippen molar-refractivity contribution in [2.75, 3.05) is 0 Å². The van der Waals surface area contributed by atoms with Crippen molar-refractivity contribution in [3.8, 4) is 0 Å². The molecule has 2 aromatic carbocycles. The van der Waals surface area contributed by atoms with E-state index in [0.29, 0.717) is 10.6 Å². The lowest BCUT2D eigenvalue weighted by Gasteiger charge is -2.13. The number of aliphatic hydroxyl groups is 1. The molecule has 0 spiro atoms. The van der Waals surface area contributed by atoms with Gasteiger partial charge in [0.2, 0.25) is 0 Å². The summed E-state index contributed by atoms with van der Waals surface area (Å²) >= 11 is 5.88. The third-order valence-electron chi connectivity index (χ3n) is 2.96. The zero-order valence-electron chi connectivity index (χ0n) is 10.4. The first-order valence-electron chi connectivity index (χ1n) is 6.02. The zero-order chi connectivity index (χ0) is 14.7. The predicted molar refractivity (Wildman–Crippen MR) is 71.2 cm³/mol. The average Bonchev–Trinajstić information content (AvgIpc) is 2.38. The van der Waals surface area contributed by atoms with Crippen molar-refractivity contribution in [3.63, 3.8) is 0 Å². The van der Waals surface area contributed by atoms with Gasteiger partial charge in [-0.15, -0.1) is 0 Å². The van der Waals surface area contributed by atoms with Crippen LogP contribution < -0.4 is 0 Å². The Balaban J connectivity index is 2.13. The van der Waals surface area contributed by atoms with Crippen LogP contribution >= 0.6 is 11.6 Å². The molecular weight excluding hydrogens is 289 g/mol. The molecule has 5 heteroatoms. The monoisotopic (exact) mass is 300 g/mol. The molecular formula is C15H12ClF3O. The van der Waals surface area contributed by atoms with Crippen molar-refractivity contribution in [2.24, 2.45) is 0 Å². The molecule has 0 aliphatic heterocycles. The standard InChI is InChI=1S/C15H12ClF3O/c16-13-5-4-10(17)6-9(13)7-11(20)8-12-14(18)2-1-3-15(12)19/h1-6,11,20H,7-8H2. The predicted octanol–water partition coefficient (Wildman–Crippen LogP) is 3.90. The molecule has 1 unspecified atom stereocenters. The molecule has 0 radical (unpaired) electrons. The van der Waals surface area contributed by atoms with Crippen LogP contribution in [0.4, 0.5) is 13.2 Å². The van der Waals surface area contributed by atoms with E-state index in [2.05, 4.69) is 0 Å².